The third-order valence-electron chi connectivity index (χ3n) is 2.24. The smallest absolute Gasteiger partial charge is 0.283 e. The Bertz CT molecular complexity index is 488. The highest BCUT2D eigenvalue weighted by atomic mass is 19.3. The predicted octanol–water partition coefficient (Wildman–Crippen LogP) is 3.13. The van der Waals surface area contributed by atoms with Gasteiger partial charge in [0.25, 0.3) is 12.1 Å². The van der Waals surface area contributed by atoms with Crippen LogP contribution in [0.3, 0.4) is 0 Å². The lowest BCUT2D eigenvalue weighted by Crippen LogP contribution is -2.05. The maximum Gasteiger partial charge on any atom is 0.283 e. The lowest BCUT2D eigenvalue weighted by Gasteiger charge is -2.11. The number of Topliss-reactive ketones (excluding diaryl/α,β-unsaturated/α-hetero) is 1. The van der Waals surface area contributed by atoms with Gasteiger partial charge in [0.1, 0.15) is 5.75 Å². The van der Waals surface area contributed by atoms with Crippen LogP contribution in [-0.4, -0.2) is 17.3 Å². The van der Waals surface area contributed by atoms with Crippen molar-refractivity contribution in [3.63, 3.8) is 0 Å². The van der Waals surface area contributed by atoms with E-state index in [-0.39, 0.29) is 17.9 Å². The second kappa shape index (κ2) is 5.52. The summed E-state index contributed by atoms with van der Waals surface area (Å²) < 4.78 is 30.5. The SMILES string of the molecule is CCOc1cc([N+](=O)[O-])c(C(C)=O)cc1C(F)F. The summed E-state index contributed by atoms with van der Waals surface area (Å²) in [6.45, 7) is 2.74. The monoisotopic (exact) mass is 259 g/mol. The zero-order chi connectivity index (χ0) is 13.9. The first-order chi connectivity index (χ1) is 8.38. The van der Waals surface area contributed by atoms with Gasteiger partial charge in [0.05, 0.1) is 28.7 Å². The molecule has 1 aromatic rings. The second-order valence-corrected chi connectivity index (χ2v) is 3.45. The second-order valence-electron chi connectivity index (χ2n) is 3.45. The van der Waals surface area contributed by atoms with E-state index in [1.807, 2.05) is 0 Å². The fourth-order valence-electron chi connectivity index (χ4n) is 1.47. The molecule has 0 saturated heterocycles. The molecule has 0 amide bonds. The third-order valence-corrected chi connectivity index (χ3v) is 2.24. The molecule has 0 heterocycles. The van der Waals surface area contributed by atoms with Gasteiger partial charge in [-0.1, -0.05) is 0 Å². The molecular formula is C11H11F2NO4. The normalized spacial score (nSPS) is 10.5. The van der Waals surface area contributed by atoms with E-state index < -0.39 is 28.4 Å². The highest BCUT2D eigenvalue weighted by Gasteiger charge is 2.25. The van der Waals surface area contributed by atoms with Crippen molar-refractivity contribution in [3.8, 4) is 5.75 Å². The van der Waals surface area contributed by atoms with Crippen LogP contribution < -0.4 is 4.74 Å². The van der Waals surface area contributed by atoms with Gasteiger partial charge >= 0.3 is 0 Å². The Balaban J connectivity index is 3.49. The van der Waals surface area contributed by atoms with Gasteiger partial charge in [0.15, 0.2) is 5.78 Å². The van der Waals surface area contributed by atoms with Crippen molar-refractivity contribution in [2.24, 2.45) is 0 Å². The molecule has 0 aliphatic carbocycles. The lowest BCUT2D eigenvalue weighted by molar-refractivity contribution is -0.385. The highest BCUT2D eigenvalue weighted by Crippen LogP contribution is 2.35. The Morgan fingerprint density at radius 1 is 1.50 bits per heavy atom. The third kappa shape index (κ3) is 2.79. The van der Waals surface area contributed by atoms with Gasteiger partial charge in [-0.15, -0.1) is 0 Å². The summed E-state index contributed by atoms with van der Waals surface area (Å²) in [5.74, 6) is -0.921. The van der Waals surface area contributed by atoms with Gasteiger partial charge in [-0.2, -0.15) is 0 Å². The Morgan fingerprint density at radius 2 is 2.11 bits per heavy atom. The highest BCUT2D eigenvalue weighted by molar-refractivity contribution is 5.98. The zero-order valence-electron chi connectivity index (χ0n) is 9.78. The van der Waals surface area contributed by atoms with Crippen molar-refractivity contribution in [3.05, 3.63) is 33.4 Å². The number of alkyl halides is 2. The molecule has 0 spiro atoms. The van der Waals surface area contributed by atoms with E-state index in [9.17, 15) is 23.7 Å². The number of nitro benzene ring substituents is 1. The Labute approximate surface area is 102 Å². The summed E-state index contributed by atoms with van der Waals surface area (Å²) >= 11 is 0. The Kier molecular flexibility index (Phi) is 4.30. The molecule has 7 heteroatoms. The molecule has 0 atom stereocenters. The maximum atomic E-state index is 12.8. The molecule has 0 aromatic heterocycles. The summed E-state index contributed by atoms with van der Waals surface area (Å²) in [4.78, 5) is 21.2. The molecule has 0 aliphatic heterocycles. The maximum absolute atomic E-state index is 12.8. The molecule has 1 rings (SSSR count). The fraction of sp³-hybridized carbons (Fsp3) is 0.364. The van der Waals surface area contributed by atoms with Crippen molar-refractivity contribution in [2.45, 2.75) is 20.3 Å². The van der Waals surface area contributed by atoms with Gasteiger partial charge in [0, 0.05) is 0 Å². The number of rotatable bonds is 5. The molecule has 0 N–H and O–H groups in total. The Morgan fingerprint density at radius 3 is 2.50 bits per heavy atom. The van der Waals surface area contributed by atoms with Gasteiger partial charge in [-0.05, 0) is 19.9 Å². The first-order valence-electron chi connectivity index (χ1n) is 5.12. The van der Waals surface area contributed by atoms with E-state index in [2.05, 4.69) is 0 Å². The molecule has 0 saturated carbocycles. The molecule has 0 unspecified atom stereocenters. The summed E-state index contributed by atoms with van der Waals surface area (Å²) in [6, 6.07) is 1.68. The van der Waals surface area contributed by atoms with Crippen LogP contribution in [0, 0.1) is 10.1 Å². The van der Waals surface area contributed by atoms with Crippen LogP contribution in [0.5, 0.6) is 5.75 Å². The predicted molar refractivity (Wildman–Crippen MR) is 59.2 cm³/mol. The summed E-state index contributed by atoms with van der Waals surface area (Å²) in [5.41, 5.74) is -1.40. The average Bonchev–Trinajstić information content (AvgIpc) is 2.28. The molecule has 18 heavy (non-hydrogen) atoms. The zero-order valence-corrected chi connectivity index (χ0v) is 9.78. The minimum absolute atomic E-state index is 0.0935. The van der Waals surface area contributed by atoms with Crippen molar-refractivity contribution in [2.75, 3.05) is 6.61 Å². The minimum atomic E-state index is -2.87. The number of benzene rings is 1. The number of carbonyl (C=O) groups excluding carboxylic acids is 1. The summed E-state index contributed by atoms with van der Waals surface area (Å²) in [7, 11) is 0. The van der Waals surface area contributed by atoms with Crippen molar-refractivity contribution >= 4 is 11.5 Å². The summed E-state index contributed by atoms with van der Waals surface area (Å²) in [5, 5.41) is 10.8. The van der Waals surface area contributed by atoms with Gasteiger partial charge < -0.3 is 4.74 Å². The van der Waals surface area contributed by atoms with E-state index >= 15 is 0 Å². The van der Waals surface area contributed by atoms with Crippen LogP contribution in [0.25, 0.3) is 0 Å². The molecule has 98 valence electrons. The van der Waals surface area contributed by atoms with Crippen LogP contribution in [0.1, 0.15) is 36.2 Å². The quantitative estimate of drug-likeness (QED) is 0.462. The van der Waals surface area contributed by atoms with Gasteiger partial charge in [0.2, 0.25) is 0 Å². The number of hydrogen-bond acceptors (Lipinski definition) is 4. The van der Waals surface area contributed by atoms with Crippen LogP contribution in [0.4, 0.5) is 14.5 Å². The van der Waals surface area contributed by atoms with Gasteiger partial charge in [-0.3, -0.25) is 14.9 Å². The number of hydrogen-bond donors (Lipinski definition) is 0. The topological polar surface area (TPSA) is 69.4 Å². The molecule has 0 aliphatic rings. The van der Waals surface area contributed by atoms with E-state index in [1.54, 1.807) is 6.92 Å². The molecule has 5 nitrogen and oxygen atoms in total. The number of nitrogens with zero attached hydrogens (tertiary/aromatic N) is 1. The van der Waals surface area contributed by atoms with E-state index in [0.717, 1.165) is 19.1 Å². The van der Waals surface area contributed by atoms with Crippen molar-refractivity contribution in [1.29, 1.82) is 0 Å². The summed E-state index contributed by atoms with van der Waals surface area (Å²) in [6.07, 6.45) is -2.87. The van der Waals surface area contributed by atoms with E-state index in [4.69, 9.17) is 4.74 Å². The lowest BCUT2D eigenvalue weighted by atomic mass is 10.0. The molecular weight excluding hydrogens is 248 g/mol. The van der Waals surface area contributed by atoms with Crippen LogP contribution in [0.15, 0.2) is 12.1 Å². The number of ether oxygens (including phenoxy) is 1. The number of halogens is 2. The van der Waals surface area contributed by atoms with Crippen molar-refractivity contribution in [1.82, 2.24) is 0 Å². The first kappa shape index (κ1) is 14.0. The number of ketones is 1. The number of carbonyl (C=O) groups is 1. The first-order valence-corrected chi connectivity index (χ1v) is 5.12. The molecule has 0 bridgehead atoms. The van der Waals surface area contributed by atoms with Crippen molar-refractivity contribution < 1.29 is 23.2 Å². The average molecular weight is 259 g/mol. The van der Waals surface area contributed by atoms with Crippen LogP contribution >= 0.6 is 0 Å². The molecule has 0 fully saturated rings. The molecule has 0 radical (unpaired) electrons. The Hall–Kier alpha value is -2.05. The van der Waals surface area contributed by atoms with Gasteiger partial charge in [-0.25, -0.2) is 8.78 Å². The minimum Gasteiger partial charge on any atom is -0.493 e. The largest absolute Gasteiger partial charge is 0.493 e. The standard InChI is InChI=1S/C11H11F2NO4/c1-3-18-10-5-9(14(16)17)7(6(2)15)4-8(10)11(12)13/h4-5,11H,3H2,1-2H3. The van der Waals surface area contributed by atoms with Crippen LogP contribution in [-0.2, 0) is 0 Å². The van der Waals surface area contributed by atoms with Crippen LogP contribution in [0.2, 0.25) is 0 Å². The van der Waals surface area contributed by atoms with E-state index in [1.165, 1.54) is 0 Å². The fourth-order valence-corrected chi connectivity index (χ4v) is 1.47. The van der Waals surface area contributed by atoms with E-state index in [0.29, 0.717) is 0 Å². The molecule has 1 aromatic carbocycles. The number of nitro groups is 1.